The number of carbonyl (C=O) groups excluding carboxylic acids is 2. The molecule has 0 aliphatic carbocycles. The number of carbonyl (C=O) groups is 2. The minimum absolute atomic E-state index is 0.00361. The summed E-state index contributed by atoms with van der Waals surface area (Å²) in [6.07, 6.45) is 0.931. The molecule has 1 heterocycles. The Morgan fingerprint density at radius 3 is 2.35 bits per heavy atom. The number of hydrogen-bond acceptors (Lipinski definition) is 3. The van der Waals surface area contributed by atoms with E-state index in [1.807, 2.05) is 27.7 Å². The molecular weight excluding hydrogens is 220 g/mol. The van der Waals surface area contributed by atoms with Gasteiger partial charge in [-0.3, -0.25) is 4.79 Å². The van der Waals surface area contributed by atoms with E-state index in [9.17, 15) is 9.59 Å². The number of ether oxygens (including phenoxy) is 1. The van der Waals surface area contributed by atoms with E-state index in [2.05, 4.69) is 0 Å². The summed E-state index contributed by atoms with van der Waals surface area (Å²) in [7, 11) is 0. The molecule has 2 atom stereocenters. The fourth-order valence-corrected chi connectivity index (χ4v) is 2.02. The Hall–Kier alpha value is -1.26. The number of amides is 2. The summed E-state index contributed by atoms with van der Waals surface area (Å²) in [5, 5.41) is 0. The van der Waals surface area contributed by atoms with Gasteiger partial charge < -0.3 is 15.4 Å². The summed E-state index contributed by atoms with van der Waals surface area (Å²) in [5.41, 5.74) is 4.79. The molecule has 2 N–H and O–H groups in total. The highest BCUT2D eigenvalue weighted by molar-refractivity contribution is 5.77. The molecule has 17 heavy (non-hydrogen) atoms. The van der Waals surface area contributed by atoms with Gasteiger partial charge in [0.25, 0.3) is 0 Å². The SMILES string of the molecule is CC1CC(C(N)=O)CCN1C(=O)OC(C)(C)C. The van der Waals surface area contributed by atoms with Crippen LogP contribution < -0.4 is 5.73 Å². The molecule has 1 rings (SSSR count). The smallest absolute Gasteiger partial charge is 0.410 e. The number of rotatable bonds is 1. The van der Waals surface area contributed by atoms with Crippen molar-refractivity contribution in [1.29, 1.82) is 0 Å². The Morgan fingerprint density at radius 2 is 1.94 bits per heavy atom. The van der Waals surface area contributed by atoms with Crippen LogP contribution in [0.4, 0.5) is 4.79 Å². The molecule has 2 amide bonds. The highest BCUT2D eigenvalue weighted by Gasteiger charge is 2.33. The third-order valence-corrected chi connectivity index (χ3v) is 2.91. The van der Waals surface area contributed by atoms with Gasteiger partial charge in [0.1, 0.15) is 5.60 Å². The first-order chi connectivity index (χ1) is 7.70. The van der Waals surface area contributed by atoms with Gasteiger partial charge >= 0.3 is 6.09 Å². The fourth-order valence-electron chi connectivity index (χ4n) is 2.02. The van der Waals surface area contributed by atoms with Gasteiger partial charge in [-0.1, -0.05) is 0 Å². The molecule has 1 aliphatic rings. The largest absolute Gasteiger partial charge is 0.444 e. The summed E-state index contributed by atoms with van der Waals surface area (Å²) in [6.45, 7) is 7.96. The van der Waals surface area contributed by atoms with Crippen LogP contribution in [0.5, 0.6) is 0 Å². The second-order valence-corrected chi connectivity index (χ2v) is 5.65. The van der Waals surface area contributed by atoms with E-state index in [0.717, 1.165) is 0 Å². The minimum atomic E-state index is -0.489. The summed E-state index contributed by atoms with van der Waals surface area (Å²) >= 11 is 0. The Balaban J connectivity index is 2.58. The lowest BCUT2D eigenvalue weighted by Gasteiger charge is -2.37. The Bertz CT molecular complexity index is 309. The average molecular weight is 242 g/mol. The summed E-state index contributed by atoms with van der Waals surface area (Å²) < 4.78 is 5.31. The zero-order chi connectivity index (χ0) is 13.2. The van der Waals surface area contributed by atoms with Gasteiger partial charge in [0.2, 0.25) is 5.91 Å². The van der Waals surface area contributed by atoms with Gasteiger partial charge in [-0.05, 0) is 40.5 Å². The molecule has 0 aromatic heterocycles. The number of hydrogen-bond donors (Lipinski definition) is 1. The standard InChI is InChI=1S/C12H22N2O3/c1-8-7-9(10(13)15)5-6-14(8)11(16)17-12(2,3)4/h8-9H,5-7H2,1-4H3,(H2,13,15). The molecule has 0 saturated carbocycles. The molecule has 0 radical (unpaired) electrons. The quantitative estimate of drug-likeness (QED) is 0.757. The number of nitrogens with two attached hydrogens (primary N) is 1. The third kappa shape index (κ3) is 3.91. The van der Waals surface area contributed by atoms with Crippen LogP contribution in [0.3, 0.4) is 0 Å². The Kier molecular flexibility index (Phi) is 4.01. The molecule has 98 valence electrons. The monoisotopic (exact) mass is 242 g/mol. The predicted molar refractivity (Wildman–Crippen MR) is 64.3 cm³/mol. The van der Waals surface area contributed by atoms with E-state index in [-0.39, 0.29) is 24.0 Å². The summed E-state index contributed by atoms with van der Waals surface area (Å²) in [5.74, 6) is -0.399. The lowest BCUT2D eigenvalue weighted by atomic mass is 9.91. The second kappa shape index (κ2) is 4.94. The van der Waals surface area contributed by atoms with Crippen molar-refractivity contribution in [3.63, 3.8) is 0 Å². The van der Waals surface area contributed by atoms with Gasteiger partial charge in [-0.2, -0.15) is 0 Å². The first-order valence-corrected chi connectivity index (χ1v) is 5.99. The van der Waals surface area contributed by atoms with Gasteiger partial charge in [-0.25, -0.2) is 4.79 Å². The number of nitrogens with zero attached hydrogens (tertiary/aromatic N) is 1. The van der Waals surface area contributed by atoms with Crippen LogP contribution in [0, 0.1) is 5.92 Å². The van der Waals surface area contributed by atoms with Crippen LogP contribution in [0.1, 0.15) is 40.5 Å². The summed E-state index contributed by atoms with van der Waals surface area (Å²) in [4.78, 5) is 24.7. The van der Waals surface area contributed by atoms with Crippen LogP contribution in [0.15, 0.2) is 0 Å². The van der Waals surface area contributed by atoms with Crippen molar-refractivity contribution < 1.29 is 14.3 Å². The van der Waals surface area contributed by atoms with Crippen LogP contribution in [0.2, 0.25) is 0 Å². The maximum absolute atomic E-state index is 11.9. The zero-order valence-electron chi connectivity index (χ0n) is 11.0. The van der Waals surface area contributed by atoms with Gasteiger partial charge in [0.15, 0.2) is 0 Å². The number of primary amides is 1. The van der Waals surface area contributed by atoms with E-state index in [1.165, 1.54) is 0 Å². The van der Waals surface area contributed by atoms with Crippen molar-refractivity contribution in [1.82, 2.24) is 4.90 Å². The van der Waals surface area contributed by atoms with E-state index >= 15 is 0 Å². The van der Waals surface area contributed by atoms with Crippen LogP contribution in [-0.2, 0) is 9.53 Å². The van der Waals surface area contributed by atoms with Crippen molar-refractivity contribution in [3.8, 4) is 0 Å². The van der Waals surface area contributed by atoms with Gasteiger partial charge in [0, 0.05) is 18.5 Å². The maximum atomic E-state index is 11.9. The fraction of sp³-hybridized carbons (Fsp3) is 0.833. The molecule has 0 bridgehead atoms. The Morgan fingerprint density at radius 1 is 1.35 bits per heavy atom. The first kappa shape index (κ1) is 13.8. The van der Waals surface area contributed by atoms with Gasteiger partial charge in [0.05, 0.1) is 0 Å². The molecule has 1 fully saturated rings. The average Bonchev–Trinajstić information content (AvgIpc) is 2.14. The van der Waals surface area contributed by atoms with Gasteiger partial charge in [-0.15, -0.1) is 0 Å². The number of likely N-dealkylation sites (tertiary alicyclic amines) is 1. The van der Waals surface area contributed by atoms with Crippen molar-refractivity contribution in [3.05, 3.63) is 0 Å². The highest BCUT2D eigenvalue weighted by Crippen LogP contribution is 2.24. The molecule has 0 spiro atoms. The van der Waals surface area contributed by atoms with Crippen molar-refractivity contribution in [2.24, 2.45) is 11.7 Å². The molecule has 0 aromatic carbocycles. The normalized spacial score (nSPS) is 25.5. The minimum Gasteiger partial charge on any atom is -0.444 e. The van der Waals surface area contributed by atoms with E-state index < -0.39 is 5.60 Å². The lowest BCUT2D eigenvalue weighted by Crippen LogP contribution is -2.48. The molecule has 5 heteroatoms. The Labute approximate surface area is 102 Å². The lowest BCUT2D eigenvalue weighted by molar-refractivity contribution is -0.123. The van der Waals surface area contributed by atoms with Crippen LogP contribution >= 0.6 is 0 Å². The predicted octanol–water partition coefficient (Wildman–Crippen LogP) is 1.51. The molecular formula is C12H22N2O3. The van der Waals surface area contributed by atoms with Crippen LogP contribution in [0.25, 0.3) is 0 Å². The highest BCUT2D eigenvalue weighted by atomic mass is 16.6. The second-order valence-electron chi connectivity index (χ2n) is 5.65. The molecule has 0 aromatic rings. The maximum Gasteiger partial charge on any atom is 0.410 e. The third-order valence-electron chi connectivity index (χ3n) is 2.91. The molecule has 1 aliphatic heterocycles. The van der Waals surface area contributed by atoms with E-state index in [4.69, 9.17) is 10.5 Å². The molecule has 1 saturated heterocycles. The number of piperidine rings is 1. The van der Waals surface area contributed by atoms with Crippen LogP contribution in [-0.4, -0.2) is 35.1 Å². The molecule has 2 unspecified atom stereocenters. The van der Waals surface area contributed by atoms with Crippen molar-refractivity contribution >= 4 is 12.0 Å². The first-order valence-electron chi connectivity index (χ1n) is 5.99. The van der Waals surface area contributed by atoms with Crippen molar-refractivity contribution in [2.45, 2.75) is 52.2 Å². The summed E-state index contributed by atoms with van der Waals surface area (Å²) in [6, 6.07) is -0.00361. The van der Waals surface area contributed by atoms with E-state index in [0.29, 0.717) is 19.4 Å². The molecule has 5 nitrogen and oxygen atoms in total. The zero-order valence-corrected chi connectivity index (χ0v) is 11.0. The van der Waals surface area contributed by atoms with E-state index in [1.54, 1.807) is 4.90 Å². The van der Waals surface area contributed by atoms with Crippen molar-refractivity contribution in [2.75, 3.05) is 6.54 Å². The topological polar surface area (TPSA) is 72.6 Å².